The van der Waals surface area contributed by atoms with Crippen LogP contribution in [0.25, 0.3) is 0 Å². The van der Waals surface area contributed by atoms with Gasteiger partial charge in [-0.3, -0.25) is 0 Å². The van der Waals surface area contributed by atoms with E-state index in [-0.39, 0.29) is 0 Å². The lowest BCUT2D eigenvalue weighted by Gasteiger charge is -2.22. The van der Waals surface area contributed by atoms with E-state index in [1.165, 1.54) is 31.4 Å². The van der Waals surface area contributed by atoms with Crippen molar-refractivity contribution in [3.05, 3.63) is 18.2 Å². The highest BCUT2D eigenvalue weighted by atomic mass is 15.1. The summed E-state index contributed by atoms with van der Waals surface area (Å²) in [7, 11) is 0. The van der Waals surface area contributed by atoms with Crippen molar-refractivity contribution in [1.82, 2.24) is 9.55 Å². The van der Waals surface area contributed by atoms with Gasteiger partial charge in [-0.15, -0.1) is 0 Å². The second-order valence-electron chi connectivity index (χ2n) is 5.71. The normalized spacial score (nSPS) is 19.1. The van der Waals surface area contributed by atoms with Gasteiger partial charge in [0, 0.05) is 30.9 Å². The fourth-order valence-electron chi connectivity index (χ4n) is 3.00. The third kappa shape index (κ3) is 2.89. The summed E-state index contributed by atoms with van der Waals surface area (Å²) in [5.41, 5.74) is 7.23. The van der Waals surface area contributed by atoms with Crippen LogP contribution >= 0.6 is 0 Å². The molecule has 0 aromatic carbocycles. The molecule has 0 radical (unpaired) electrons. The minimum atomic E-state index is 0.443. The molecular weight excluding hydrogens is 210 g/mol. The Hall–Kier alpha value is -0.830. The van der Waals surface area contributed by atoms with Crippen LogP contribution in [0.2, 0.25) is 0 Å². The Labute approximate surface area is 104 Å². The van der Waals surface area contributed by atoms with Crippen LogP contribution in [-0.4, -0.2) is 16.1 Å². The Balaban J connectivity index is 2.09. The second-order valence-corrected chi connectivity index (χ2v) is 5.71. The number of imidazole rings is 1. The van der Waals surface area contributed by atoms with Crippen LogP contribution in [0.5, 0.6) is 0 Å². The van der Waals surface area contributed by atoms with E-state index in [1.807, 2.05) is 12.5 Å². The molecule has 1 fully saturated rings. The van der Waals surface area contributed by atoms with E-state index in [4.69, 9.17) is 5.73 Å². The number of nitrogens with two attached hydrogens (primary N) is 1. The molecule has 17 heavy (non-hydrogen) atoms. The van der Waals surface area contributed by atoms with Crippen LogP contribution < -0.4 is 5.73 Å². The Bertz CT molecular complexity index is 337. The van der Waals surface area contributed by atoms with Gasteiger partial charge in [0.1, 0.15) is 0 Å². The monoisotopic (exact) mass is 235 g/mol. The Morgan fingerprint density at radius 1 is 1.41 bits per heavy atom. The summed E-state index contributed by atoms with van der Waals surface area (Å²) >= 11 is 0. The maximum Gasteiger partial charge on any atom is 0.0948 e. The maximum absolute atomic E-state index is 5.90. The molecule has 1 atom stereocenters. The minimum absolute atomic E-state index is 0.443. The lowest BCUT2D eigenvalue weighted by Crippen LogP contribution is -2.22. The highest BCUT2D eigenvalue weighted by Gasteiger charge is 2.21. The maximum atomic E-state index is 5.90. The molecule has 3 heteroatoms. The standard InChI is InChI=1S/C14H25N3/c1-11(2)13(7-15)14-8-16-10-17(14)9-12-5-3-4-6-12/h8,10-13H,3-7,9,15H2,1-2H3. The van der Waals surface area contributed by atoms with Gasteiger partial charge in [0.2, 0.25) is 0 Å². The third-order valence-corrected chi connectivity index (χ3v) is 4.11. The molecule has 1 aromatic rings. The van der Waals surface area contributed by atoms with Gasteiger partial charge >= 0.3 is 0 Å². The van der Waals surface area contributed by atoms with Crippen molar-refractivity contribution in [2.24, 2.45) is 17.6 Å². The highest BCUT2D eigenvalue weighted by molar-refractivity contribution is 5.08. The topological polar surface area (TPSA) is 43.8 Å². The average molecular weight is 235 g/mol. The summed E-state index contributed by atoms with van der Waals surface area (Å²) in [5, 5.41) is 0. The predicted molar refractivity (Wildman–Crippen MR) is 70.8 cm³/mol. The first-order chi connectivity index (χ1) is 8.22. The van der Waals surface area contributed by atoms with Crippen LogP contribution in [0, 0.1) is 11.8 Å². The molecule has 3 nitrogen and oxygen atoms in total. The van der Waals surface area contributed by atoms with Crippen LogP contribution in [0.1, 0.15) is 51.1 Å². The van der Waals surface area contributed by atoms with Gasteiger partial charge in [-0.1, -0.05) is 26.7 Å². The first-order valence-corrected chi connectivity index (χ1v) is 6.92. The quantitative estimate of drug-likeness (QED) is 0.853. The van der Waals surface area contributed by atoms with Crippen molar-refractivity contribution < 1.29 is 0 Å². The van der Waals surface area contributed by atoms with Crippen molar-refractivity contribution >= 4 is 0 Å². The number of aromatic nitrogens is 2. The minimum Gasteiger partial charge on any atom is -0.334 e. The van der Waals surface area contributed by atoms with Crippen LogP contribution in [0.4, 0.5) is 0 Å². The van der Waals surface area contributed by atoms with E-state index in [0.29, 0.717) is 18.4 Å². The SMILES string of the molecule is CC(C)C(CN)c1cncn1CC1CCCC1. The van der Waals surface area contributed by atoms with Crippen LogP contribution in [-0.2, 0) is 6.54 Å². The molecule has 0 bridgehead atoms. The summed E-state index contributed by atoms with van der Waals surface area (Å²) in [4.78, 5) is 4.32. The van der Waals surface area contributed by atoms with E-state index in [2.05, 4.69) is 23.4 Å². The molecule has 0 aliphatic heterocycles. The van der Waals surface area contributed by atoms with Gasteiger partial charge in [0.15, 0.2) is 0 Å². The van der Waals surface area contributed by atoms with E-state index in [0.717, 1.165) is 12.5 Å². The molecule has 96 valence electrons. The molecule has 1 aliphatic rings. The van der Waals surface area contributed by atoms with E-state index >= 15 is 0 Å². The van der Waals surface area contributed by atoms with Crippen molar-refractivity contribution in [1.29, 1.82) is 0 Å². The summed E-state index contributed by atoms with van der Waals surface area (Å²) < 4.78 is 2.34. The highest BCUT2D eigenvalue weighted by Crippen LogP contribution is 2.29. The molecule has 1 saturated carbocycles. The zero-order valence-electron chi connectivity index (χ0n) is 11.1. The van der Waals surface area contributed by atoms with Gasteiger partial charge in [-0.25, -0.2) is 4.98 Å². The molecular formula is C14H25N3. The first kappa shape index (κ1) is 12.6. The van der Waals surface area contributed by atoms with Crippen LogP contribution in [0.3, 0.4) is 0 Å². The smallest absolute Gasteiger partial charge is 0.0948 e. The summed E-state index contributed by atoms with van der Waals surface area (Å²) in [6.07, 6.45) is 9.56. The largest absolute Gasteiger partial charge is 0.334 e. The molecule has 1 heterocycles. The van der Waals surface area contributed by atoms with Crippen LogP contribution in [0.15, 0.2) is 12.5 Å². The number of hydrogen-bond acceptors (Lipinski definition) is 2. The summed E-state index contributed by atoms with van der Waals surface area (Å²) in [5.74, 6) is 1.88. The zero-order valence-corrected chi connectivity index (χ0v) is 11.1. The summed E-state index contributed by atoms with van der Waals surface area (Å²) in [6.45, 7) is 6.33. The Morgan fingerprint density at radius 3 is 2.71 bits per heavy atom. The molecule has 0 spiro atoms. The third-order valence-electron chi connectivity index (χ3n) is 4.11. The molecule has 1 unspecified atom stereocenters. The second kappa shape index (κ2) is 5.67. The molecule has 2 rings (SSSR count). The summed E-state index contributed by atoms with van der Waals surface area (Å²) in [6, 6.07) is 0. The molecule has 1 aliphatic carbocycles. The van der Waals surface area contributed by atoms with Gasteiger partial charge in [-0.2, -0.15) is 0 Å². The van der Waals surface area contributed by atoms with Crippen molar-refractivity contribution in [2.45, 2.75) is 52.0 Å². The van der Waals surface area contributed by atoms with Gasteiger partial charge in [0.05, 0.1) is 6.33 Å². The number of rotatable bonds is 5. The Morgan fingerprint density at radius 2 is 2.12 bits per heavy atom. The van der Waals surface area contributed by atoms with Crippen molar-refractivity contribution in [2.75, 3.05) is 6.54 Å². The van der Waals surface area contributed by atoms with E-state index in [1.54, 1.807) is 0 Å². The molecule has 2 N–H and O–H groups in total. The van der Waals surface area contributed by atoms with Gasteiger partial charge in [-0.05, 0) is 24.7 Å². The van der Waals surface area contributed by atoms with Crippen molar-refractivity contribution in [3.63, 3.8) is 0 Å². The zero-order chi connectivity index (χ0) is 12.3. The predicted octanol–water partition coefficient (Wildman–Crippen LogP) is 2.77. The fourth-order valence-corrected chi connectivity index (χ4v) is 3.00. The lowest BCUT2D eigenvalue weighted by atomic mass is 9.92. The van der Waals surface area contributed by atoms with Gasteiger partial charge < -0.3 is 10.3 Å². The lowest BCUT2D eigenvalue weighted by molar-refractivity contribution is 0.417. The van der Waals surface area contributed by atoms with E-state index < -0.39 is 0 Å². The molecule has 0 amide bonds. The first-order valence-electron chi connectivity index (χ1n) is 6.92. The fraction of sp³-hybridized carbons (Fsp3) is 0.786. The average Bonchev–Trinajstić information content (AvgIpc) is 2.92. The number of hydrogen-bond donors (Lipinski definition) is 1. The Kier molecular flexibility index (Phi) is 4.21. The van der Waals surface area contributed by atoms with Crippen molar-refractivity contribution in [3.8, 4) is 0 Å². The molecule has 0 saturated heterocycles. The molecule has 1 aromatic heterocycles. The van der Waals surface area contributed by atoms with E-state index in [9.17, 15) is 0 Å². The van der Waals surface area contributed by atoms with Gasteiger partial charge in [0.25, 0.3) is 0 Å². The number of nitrogens with zero attached hydrogens (tertiary/aromatic N) is 2.